The zero-order valence-electron chi connectivity index (χ0n) is 7.59. The van der Waals surface area contributed by atoms with Crippen molar-refractivity contribution in [3.8, 4) is 0 Å². The minimum atomic E-state index is 0.459. The molecular formula is C9H17BrO2. The Morgan fingerprint density at radius 3 is 2.00 bits per heavy atom. The molecule has 0 aliphatic heterocycles. The molecule has 1 aliphatic rings. The summed E-state index contributed by atoms with van der Waals surface area (Å²) in [4.78, 5) is 0. The summed E-state index contributed by atoms with van der Waals surface area (Å²) in [5.41, 5.74) is 0.664. The predicted molar refractivity (Wildman–Crippen MR) is 52.5 cm³/mol. The van der Waals surface area contributed by atoms with Crippen LogP contribution in [0.1, 0.15) is 32.6 Å². The Labute approximate surface area is 82.7 Å². The Kier molecular flexibility index (Phi) is 5.19. The second kappa shape index (κ2) is 5.95. The highest BCUT2D eigenvalue weighted by Crippen LogP contribution is 2.23. The van der Waals surface area contributed by atoms with E-state index in [1.165, 1.54) is 0 Å². The van der Waals surface area contributed by atoms with Crippen molar-refractivity contribution < 1.29 is 9.47 Å². The van der Waals surface area contributed by atoms with Crippen LogP contribution in [0.25, 0.3) is 0 Å². The Morgan fingerprint density at radius 1 is 1.08 bits per heavy atom. The highest BCUT2D eigenvalue weighted by atomic mass is 79.9. The third kappa shape index (κ3) is 3.42. The van der Waals surface area contributed by atoms with Gasteiger partial charge < -0.3 is 9.47 Å². The lowest BCUT2D eigenvalue weighted by Crippen LogP contribution is -2.26. The molecule has 72 valence electrons. The van der Waals surface area contributed by atoms with E-state index in [9.17, 15) is 0 Å². The first kappa shape index (κ1) is 10.5. The smallest absolute Gasteiger partial charge is 0.102 e. The van der Waals surface area contributed by atoms with Crippen LogP contribution in [0.4, 0.5) is 0 Å². The first-order valence-corrected chi connectivity index (χ1v) is 5.78. The van der Waals surface area contributed by atoms with Gasteiger partial charge in [-0.3, -0.25) is 0 Å². The fourth-order valence-electron chi connectivity index (χ4n) is 1.69. The molecule has 0 heterocycles. The number of hydrogen-bond donors (Lipinski definition) is 0. The molecule has 0 aromatic heterocycles. The summed E-state index contributed by atoms with van der Waals surface area (Å²) in [5.74, 6) is 0. The summed E-state index contributed by atoms with van der Waals surface area (Å²) in [5, 5.41) is 0. The predicted octanol–water partition coefficient (Wildman–Crippen LogP) is 2.70. The molecule has 0 spiro atoms. The van der Waals surface area contributed by atoms with E-state index in [-0.39, 0.29) is 0 Å². The molecule has 0 atom stereocenters. The summed E-state index contributed by atoms with van der Waals surface area (Å²) in [6.45, 7) is 2.90. The second-order valence-electron chi connectivity index (χ2n) is 3.13. The van der Waals surface area contributed by atoms with Crippen LogP contribution in [-0.4, -0.2) is 24.3 Å². The van der Waals surface area contributed by atoms with E-state index in [4.69, 9.17) is 9.47 Å². The second-order valence-corrected chi connectivity index (χ2v) is 3.59. The lowest BCUT2D eigenvalue weighted by atomic mass is 9.95. The summed E-state index contributed by atoms with van der Waals surface area (Å²) in [6, 6.07) is 0. The van der Waals surface area contributed by atoms with Gasteiger partial charge in [0, 0.05) is 6.61 Å². The summed E-state index contributed by atoms with van der Waals surface area (Å²) in [6.07, 6.45) is 5.56. The van der Waals surface area contributed by atoms with Crippen molar-refractivity contribution in [3.05, 3.63) is 0 Å². The molecule has 2 nitrogen and oxygen atoms in total. The van der Waals surface area contributed by atoms with Gasteiger partial charge in [0.15, 0.2) is 0 Å². The molecule has 0 aromatic carbocycles. The Balaban J connectivity index is 2.11. The quantitative estimate of drug-likeness (QED) is 0.700. The molecule has 0 unspecified atom stereocenters. The number of halogens is 1. The van der Waals surface area contributed by atoms with E-state index in [0.717, 1.165) is 32.3 Å². The molecule has 1 aliphatic carbocycles. The molecule has 0 bridgehead atoms. The average molecular weight is 237 g/mol. The monoisotopic (exact) mass is 236 g/mol. The fraction of sp³-hybridized carbons (Fsp3) is 1.00. The summed E-state index contributed by atoms with van der Waals surface area (Å²) < 4.78 is 11.0. The summed E-state index contributed by atoms with van der Waals surface area (Å²) >= 11 is 3.28. The van der Waals surface area contributed by atoms with Gasteiger partial charge in [-0.05, 0) is 32.6 Å². The summed E-state index contributed by atoms with van der Waals surface area (Å²) in [7, 11) is 0. The van der Waals surface area contributed by atoms with Crippen molar-refractivity contribution >= 4 is 15.9 Å². The fourth-order valence-corrected chi connectivity index (χ4v) is 2.06. The molecule has 12 heavy (non-hydrogen) atoms. The maximum Gasteiger partial charge on any atom is 0.102 e. The van der Waals surface area contributed by atoms with Gasteiger partial charge in [0.1, 0.15) is 5.52 Å². The van der Waals surface area contributed by atoms with Crippen LogP contribution in [0, 0.1) is 0 Å². The third-order valence-electron chi connectivity index (χ3n) is 2.32. The van der Waals surface area contributed by atoms with Crippen LogP contribution in [-0.2, 0) is 9.47 Å². The maximum absolute atomic E-state index is 5.54. The van der Waals surface area contributed by atoms with E-state index < -0.39 is 0 Å². The minimum absolute atomic E-state index is 0.459. The van der Waals surface area contributed by atoms with Crippen LogP contribution in [0.2, 0.25) is 0 Å². The molecule has 0 N–H and O–H groups in total. The third-order valence-corrected chi connectivity index (χ3v) is 2.59. The van der Waals surface area contributed by atoms with E-state index >= 15 is 0 Å². The van der Waals surface area contributed by atoms with Crippen LogP contribution in [0.5, 0.6) is 0 Å². The van der Waals surface area contributed by atoms with Gasteiger partial charge in [0.2, 0.25) is 0 Å². The van der Waals surface area contributed by atoms with Crippen LogP contribution >= 0.6 is 15.9 Å². The van der Waals surface area contributed by atoms with Gasteiger partial charge in [0.05, 0.1) is 12.2 Å². The van der Waals surface area contributed by atoms with Crippen molar-refractivity contribution in [1.29, 1.82) is 0 Å². The minimum Gasteiger partial charge on any atom is -0.379 e. The zero-order valence-corrected chi connectivity index (χ0v) is 9.18. The lowest BCUT2D eigenvalue weighted by Gasteiger charge is -2.27. The molecule has 1 saturated carbocycles. The van der Waals surface area contributed by atoms with Crippen LogP contribution in [0.15, 0.2) is 0 Å². The van der Waals surface area contributed by atoms with Crippen LogP contribution in [0.3, 0.4) is 0 Å². The van der Waals surface area contributed by atoms with Gasteiger partial charge in [-0.2, -0.15) is 0 Å². The van der Waals surface area contributed by atoms with E-state index in [0.29, 0.717) is 17.7 Å². The number of hydrogen-bond acceptors (Lipinski definition) is 2. The molecule has 1 fully saturated rings. The molecule has 0 aromatic rings. The Hall–Kier alpha value is 0.400. The Bertz CT molecular complexity index is 97.1. The molecule has 0 amide bonds. The van der Waals surface area contributed by atoms with Gasteiger partial charge in [-0.15, -0.1) is 0 Å². The molecule has 0 saturated heterocycles. The number of alkyl halides is 1. The van der Waals surface area contributed by atoms with E-state index in [2.05, 4.69) is 22.9 Å². The topological polar surface area (TPSA) is 18.5 Å². The number of rotatable bonds is 4. The van der Waals surface area contributed by atoms with Crippen molar-refractivity contribution in [2.45, 2.75) is 44.8 Å². The van der Waals surface area contributed by atoms with E-state index in [1.54, 1.807) is 0 Å². The largest absolute Gasteiger partial charge is 0.379 e. The van der Waals surface area contributed by atoms with Gasteiger partial charge in [0.25, 0.3) is 0 Å². The van der Waals surface area contributed by atoms with Crippen molar-refractivity contribution in [1.82, 2.24) is 0 Å². The SMILES string of the molecule is CCOC1CCC(OCBr)CC1. The van der Waals surface area contributed by atoms with Gasteiger partial charge >= 0.3 is 0 Å². The normalized spacial score (nSPS) is 30.5. The first-order chi connectivity index (χ1) is 5.86. The van der Waals surface area contributed by atoms with Crippen molar-refractivity contribution in [2.75, 3.05) is 12.1 Å². The van der Waals surface area contributed by atoms with Gasteiger partial charge in [-0.25, -0.2) is 0 Å². The molecule has 3 heteroatoms. The molecule has 1 rings (SSSR count). The molecular weight excluding hydrogens is 220 g/mol. The standard InChI is InChI=1S/C9H17BrO2/c1-2-11-8-3-5-9(6-4-8)12-7-10/h8-9H,2-7H2,1H3. The maximum atomic E-state index is 5.54. The molecule has 0 radical (unpaired) electrons. The van der Waals surface area contributed by atoms with Gasteiger partial charge in [-0.1, -0.05) is 15.9 Å². The van der Waals surface area contributed by atoms with Crippen LogP contribution < -0.4 is 0 Å². The van der Waals surface area contributed by atoms with Crippen molar-refractivity contribution in [3.63, 3.8) is 0 Å². The average Bonchev–Trinajstić information content (AvgIpc) is 2.09. The Morgan fingerprint density at radius 2 is 1.58 bits per heavy atom. The van der Waals surface area contributed by atoms with Crippen molar-refractivity contribution in [2.24, 2.45) is 0 Å². The number of ether oxygens (including phenoxy) is 2. The highest BCUT2D eigenvalue weighted by molar-refractivity contribution is 9.09. The zero-order chi connectivity index (χ0) is 8.81. The lowest BCUT2D eigenvalue weighted by molar-refractivity contribution is -0.0147. The first-order valence-electron chi connectivity index (χ1n) is 4.66. The highest BCUT2D eigenvalue weighted by Gasteiger charge is 2.21. The van der Waals surface area contributed by atoms with E-state index in [1.807, 2.05) is 0 Å².